The third-order valence-electron chi connectivity index (χ3n) is 3.32. The van der Waals surface area contributed by atoms with E-state index in [-0.39, 0.29) is 11.3 Å². The fourth-order valence-electron chi connectivity index (χ4n) is 2.05. The van der Waals surface area contributed by atoms with Crippen LogP contribution in [-0.2, 0) is 21.0 Å². The molecule has 0 aromatic heterocycles. The van der Waals surface area contributed by atoms with E-state index in [0.29, 0.717) is 18.0 Å². The minimum absolute atomic E-state index is 0.0396. The molecule has 1 aliphatic rings. The van der Waals surface area contributed by atoms with Crippen molar-refractivity contribution >= 4 is 22.4 Å². The Hall–Kier alpha value is -1.36. The van der Waals surface area contributed by atoms with Gasteiger partial charge in [0.15, 0.2) is 0 Å². The van der Waals surface area contributed by atoms with E-state index in [1.54, 1.807) is 6.26 Å². The van der Waals surface area contributed by atoms with Crippen LogP contribution in [0.25, 0.3) is 0 Å². The number of anilines is 1. The van der Waals surface area contributed by atoms with Gasteiger partial charge in [0.25, 0.3) is 0 Å². The van der Waals surface area contributed by atoms with Gasteiger partial charge < -0.3 is 11.1 Å². The monoisotopic (exact) mass is 266 g/mol. The number of hydrogen-bond donors (Lipinski definition) is 2. The maximum absolute atomic E-state index is 12.2. The second-order valence-electron chi connectivity index (χ2n) is 4.74. The summed E-state index contributed by atoms with van der Waals surface area (Å²) in [5.74, 6) is 0.543. The molecule has 3 N–H and O–H groups in total. The number of nitrogens with two attached hydrogens (primary N) is 1. The van der Waals surface area contributed by atoms with Crippen LogP contribution in [0.1, 0.15) is 18.4 Å². The molecule has 18 heavy (non-hydrogen) atoms. The Bertz CT molecular complexity index is 466. The van der Waals surface area contributed by atoms with Crippen molar-refractivity contribution in [3.63, 3.8) is 0 Å². The van der Waals surface area contributed by atoms with Crippen LogP contribution in [-0.4, -0.2) is 28.7 Å². The highest BCUT2D eigenvalue weighted by Crippen LogP contribution is 2.48. The Morgan fingerprint density at radius 2 is 2.00 bits per heavy atom. The number of benzene rings is 1. The fraction of sp³-hybridized carbons (Fsp3) is 0.462. The molecule has 0 bridgehead atoms. The maximum Gasteiger partial charge on any atom is 0.230 e. The van der Waals surface area contributed by atoms with E-state index in [2.05, 4.69) is 5.32 Å². The quantitative estimate of drug-likeness (QED) is 0.774. The minimum atomic E-state index is -0.867. The Kier molecular flexibility index (Phi) is 3.71. The molecule has 1 atom stereocenters. The van der Waals surface area contributed by atoms with Crippen molar-refractivity contribution in [3.05, 3.63) is 29.8 Å². The van der Waals surface area contributed by atoms with Gasteiger partial charge in [-0.2, -0.15) is 0 Å². The average Bonchev–Trinajstić information content (AvgIpc) is 3.10. The zero-order chi connectivity index (χ0) is 13.2. The van der Waals surface area contributed by atoms with Crippen LogP contribution < -0.4 is 11.1 Å². The molecule has 1 saturated carbocycles. The van der Waals surface area contributed by atoms with Gasteiger partial charge in [-0.3, -0.25) is 9.00 Å². The van der Waals surface area contributed by atoms with Crippen molar-refractivity contribution in [2.75, 3.05) is 24.3 Å². The van der Waals surface area contributed by atoms with Crippen molar-refractivity contribution in [2.24, 2.45) is 0 Å². The summed E-state index contributed by atoms with van der Waals surface area (Å²) in [7, 11) is -0.867. The molecule has 1 unspecified atom stereocenters. The zero-order valence-corrected chi connectivity index (χ0v) is 11.3. The lowest BCUT2D eigenvalue weighted by atomic mass is 9.95. The molecule has 5 heteroatoms. The Labute approximate surface area is 109 Å². The van der Waals surface area contributed by atoms with Gasteiger partial charge in [0, 0.05) is 35.0 Å². The van der Waals surface area contributed by atoms with Gasteiger partial charge in [-0.05, 0) is 30.5 Å². The summed E-state index contributed by atoms with van der Waals surface area (Å²) < 4.78 is 10.9. The molecule has 1 amide bonds. The van der Waals surface area contributed by atoms with Gasteiger partial charge in [0.05, 0.1) is 5.41 Å². The molecule has 1 aliphatic carbocycles. The van der Waals surface area contributed by atoms with Crippen molar-refractivity contribution in [1.82, 2.24) is 5.32 Å². The molecule has 1 aromatic carbocycles. The highest BCUT2D eigenvalue weighted by atomic mass is 32.2. The van der Waals surface area contributed by atoms with Gasteiger partial charge in [-0.1, -0.05) is 12.1 Å². The van der Waals surface area contributed by atoms with Crippen molar-refractivity contribution < 1.29 is 9.00 Å². The van der Waals surface area contributed by atoms with Crippen molar-refractivity contribution in [2.45, 2.75) is 18.3 Å². The molecule has 98 valence electrons. The third-order valence-corrected chi connectivity index (χ3v) is 4.10. The lowest BCUT2D eigenvalue weighted by molar-refractivity contribution is -0.123. The van der Waals surface area contributed by atoms with Gasteiger partial charge >= 0.3 is 0 Å². The molecule has 1 fully saturated rings. The van der Waals surface area contributed by atoms with Gasteiger partial charge in [-0.15, -0.1) is 0 Å². The van der Waals surface area contributed by atoms with Gasteiger partial charge in [0.1, 0.15) is 0 Å². The van der Waals surface area contributed by atoms with Crippen LogP contribution in [0.15, 0.2) is 24.3 Å². The highest BCUT2D eigenvalue weighted by Gasteiger charge is 2.50. The first-order chi connectivity index (χ1) is 8.54. The van der Waals surface area contributed by atoms with Crippen LogP contribution >= 0.6 is 0 Å². The first kappa shape index (κ1) is 13.1. The molecule has 1 aromatic rings. The predicted molar refractivity (Wildman–Crippen MR) is 73.7 cm³/mol. The number of rotatable bonds is 5. The zero-order valence-electron chi connectivity index (χ0n) is 10.4. The number of nitrogen functional groups attached to an aromatic ring is 1. The van der Waals surface area contributed by atoms with E-state index >= 15 is 0 Å². The summed E-state index contributed by atoms with van der Waals surface area (Å²) in [5.41, 5.74) is 7.00. The SMILES string of the molecule is CS(=O)CCNC(=O)C1(c2ccc(N)cc2)CC1. The predicted octanol–water partition coefficient (Wildman–Crippen LogP) is 0.795. The maximum atomic E-state index is 12.2. The van der Waals surface area contributed by atoms with Crippen molar-refractivity contribution in [3.8, 4) is 0 Å². The van der Waals surface area contributed by atoms with E-state index in [1.807, 2.05) is 24.3 Å². The molecular weight excluding hydrogens is 248 g/mol. The second-order valence-corrected chi connectivity index (χ2v) is 6.29. The van der Waals surface area contributed by atoms with Crippen LogP contribution in [0.2, 0.25) is 0 Å². The second kappa shape index (κ2) is 5.10. The average molecular weight is 266 g/mol. The number of carbonyl (C=O) groups is 1. The summed E-state index contributed by atoms with van der Waals surface area (Å²) in [6, 6.07) is 7.48. The first-order valence-electron chi connectivity index (χ1n) is 5.99. The number of carbonyl (C=O) groups excluding carboxylic acids is 1. The Morgan fingerprint density at radius 1 is 1.39 bits per heavy atom. The molecular formula is C13H18N2O2S. The topological polar surface area (TPSA) is 72.2 Å². The number of amides is 1. The molecule has 0 spiro atoms. The third kappa shape index (κ3) is 2.72. The molecule has 0 heterocycles. The lowest BCUT2D eigenvalue weighted by Gasteiger charge is -2.15. The number of hydrogen-bond acceptors (Lipinski definition) is 3. The highest BCUT2D eigenvalue weighted by molar-refractivity contribution is 7.84. The Balaban J connectivity index is 2.00. The van der Waals surface area contributed by atoms with Gasteiger partial charge in [-0.25, -0.2) is 0 Å². The smallest absolute Gasteiger partial charge is 0.230 e. The first-order valence-corrected chi connectivity index (χ1v) is 7.72. The van der Waals surface area contributed by atoms with Gasteiger partial charge in [0.2, 0.25) is 5.91 Å². The molecule has 2 rings (SSSR count). The molecule has 0 saturated heterocycles. The largest absolute Gasteiger partial charge is 0.399 e. The van der Waals surface area contributed by atoms with Crippen LogP contribution in [0.3, 0.4) is 0 Å². The van der Waals surface area contributed by atoms with E-state index in [9.17, 15) is 9.00 Å². The molecule has 4 nitrogen and oxygen atoms in total. The normalized spacial score (nSPS) is 18.1. The Morgan fingerprint density at radius 3 is 2.50 bits per heavy atom. The van der Waals surface area contributed by atoms with Crippen molar-refractivity contribution in [1.29, 1.82) is 0 Å². The van der Waals surface area contributed by atoms with Crippen LogP contribution in [0.4, 0.5) is 5.69 Å². The van der Waals surface area contributed by atoms with E-state index in [4.69, 9.17) is 5.73 Å². The molecule has 0 radical (unpaired) electrons. The summed E-state index contributed by atoms with van der Waals surface area (Å²) in [6.45, 7) is 0.471. The summed E-state index contributed by atoms with van der Waals surface area (Å²) in [5, 5.41) is 2.87. The summed E-state index contributed by atoms with van der Waals surface area (Å²) in [4.78, 5) is 12.2. The minimum Gasteiger partial charge on any atom is -0.399 e. The van der Waals surface area contributed by atoms with E-state index in [1.165, 1.54) is 0 Å². The van der Waals surface area contributed by atoms with Crippen LogP contribution in [0.5, 0.6) is 0 Å². The van der Waals surface area contributed by atoms with Crippen LogP contribution in [0, 0.1) is 0 Å². The fourth-order valence-corrected chi connectivity index (χ4v) is 2.44. The summed E-state index contributed by atoms with van der Waals surface area (Å²) >= 11 is 0. The summed E-state index contributed by atoms with van der Waals surface area (Å²) in [6.07, 6.45) is 3.38. The lowest BCUT2D eigenvalue weighted by Crippen LogP contribution is -2.36. The van der Waals surface area contributed by atoms with E-state index in [0.717, 1.165) is 18.4 Å². The number of nitrogens with one attached hydrogen (secondary N) is 1. The standard InChI is InChI=1S/C13H18N2O2S/c1-18(17)9-8-15-12(16)13(6-7-13)10-2-4-11(14)5-3-10/h2-5H,6-9,14H2,1H3,(H,15,16). The van der Waals surface area contributed by atoms with E-state index < -0.39 is 10.8 Å². The molecule has 0 aliphatic heterocycles.